The molecular weight excluding hydrogens is 269 g/mol. The summed E-state index contributed by atoms with van der Waals surface area (Å²) in [6.45, 7) is 1.64. The molecule has 2 aromatic rings. The number of carbonyl (C=O) groups is 1. The highest BCUT2D eigenvalue weighted by molar-refractivity contribution is 6.33. The van der Waals surface area contributed by atoms with E-state index in [9.17, 15) is 9.18 Å². The van der Waals surface area contributed by atoms with Crippen molar-refractivity contribution in [3.8, 4) is 0 Å². The molecule has 19 heavy (non-hydrogen) atoms. The fourth-order valence-electron chi connectivity index (χ4n) is 1.60. The third-order valence-corrected chi connectivity index (χ3v) is 2.97. The Labute approximate surface area is 114 Å². The van der Waals surface area contributed by atoms with E-state index < -0.39 is 5.97 Å². The summed E-state index contributed by atoms with van der Waals surface area (Å²) < 4.78 is 13.3. The molecule has 0 aromatic heterocycles. The van der Waals surface area contributed by atoms with Crippen molar-refractivity contribution in [2.45, 2.75) is 6.92 Å². The van der Waals surface area contributed by atoms with E-state index in [-0.39, 0.29) is 16.4 Å². The van der Waals surface area contributed by atoms with Crippen molar-refractivity contribution in [2.24, 2.45) is 0 Å². The van der Waals surface area contributed by atoms with Gasteiger partial charge in [0.15, 0.2) is 0 Å². The number of rotatable bonds is 3. The van der Waals surface area contributed by atoms with Crippen LogP contribution in [0.4, 0.5) is 15.8 Å². The molecule has 0 amide bonds. The topological polar surface area (TPSA) is 49.3 Å². The fraction of sp³-hybridized carbons (Fsp3) is 0.0714. The van der Waals surface area contributed by atoms with Gasteiger partial charge in [0.25, 0.3) is 0 Å². The van der Waals surface area contributed by atoms with Gasteiger partial charge < -0.3 is 10.4 Å². The van der Waals surface area contributed by atoms with Crippen molar-refractivity contribution in [3.05, 3.63) is 58.4 Å². The van der Waals surface area contributed by atoms with Crippen LogP contribution in [0, 0.1) is 12.7 Å². The van der Waals surface area contributed by atoms with Gasteiger partial charge in [0.1, 0.15) is 5.82 Å². The van der Waals surface area contributed by atoms with E-state index in [1.807, 2.05) is 0 Å². The molecule has 3 nitrogen and oxygen atoms in total. The summed E-state index contributed by atoms with van der Waals surface area (Å²) in [5, 5.41) is 12.1. The normalized spacial score (nSPS) is 10.3. The zero-order valence-corrected chi connectivity index (χ0v) is 10.8. The number of nitrogens with one attached hydrogen (secondary N) is 1. The molecule has 0 bridgehead atoms. The molecule has 0 saturated heterocycles. The van der Waals surface area contributed by atoms with Crippen molar-refractivity contribution in [1.82, 2.24) is 0 Å². The predicted octanol–water partition coefficient (Wildman–Crippen LogP) is 4.23. The van der Waals surface area contributed by atoms with Crippen LogP contribution >= 0.6 is 11.6 Å². The number of aryl methyl sites for hydroxylation is 1. The summed E-state index contributed by atoms with van der Waals surface area (Å²) in [5.41, 5.74) is 1.93. The van der Waals surface area contributed by atoms with E-state index in [1.165, 1.54) is 18.2 Å². The molecule has 0 fully saturated rings. The molecule has 2 aromatic carbocycles. The van der Waals surface area contributed by atoms with Gasteiger partial charge in [-0.05, 0) is 48.9 Å². The molecular formula is C14H11ClFNO2. The highest BCUT2D eigenvalue weighted by atomic mass is 35.5. The first-order valence-corrected chi connectivity index (χ1v) is 5.91. The third kappa shape index (κ3) is 3.03. The first-order valence-electron chi connectivity index (χ1n) is 5.53. The third-order valence-electron chi connectivity index (χ3n) is 2.66. The monoisotopic (exact) mass is 279 g/mol. The van der Waals surface area contributed by atoms with Crippen molar-refractivity contribution in [2.75, 3.05) is 5.32 Å². The molecule has 0 saturated carbocycles. The summed E-state index contributed by atoms with van der Waals surface area (Å²) in [4.78, 5) is 10.7. The van der Waals surface area contributed by atoms with Crippen molar-refractivity contribution < 1.29 is 14.3 Å². The minimum Gasteiger partial charge on any atom is -0.478 e. The number of aromatic carboxylic acids is 1. The minimum absolute atomic E-state index is 0.201. The van der Waals surface area contributed by atoms with Crippen LogP contribution in [0.3, 0.4) is 0 Å². The number of carboxylic acid groups (broad SMARTS) is 1. The molecule has 98 valence electrons. The standard InChI is InChI=1S/C14H11ClFNO2/c1-8-6-13(11(15)7-12(8)16)17-10-4-2-9(3-5-10)14(18)19/h2-7,17H,1H3,(H,18,19). The zero-order valence-electron chi connectivity index (χ0n) is 10.1. The lowest BCUT2D eigenvalue weighted by Gasteiger charge is -2.10. The van der Waals surface area contributed by atoms with E-state index in [1.54, 1.807) is 25.1 Å². The maximum atomic E-state index is 13.3. The van der Waals surface area contributed by atoms with Crippen LogP contribution in [-0.2, 0) is 0 Å². The second-order valence-corrected chi connectivity index (χ2v) is 4.50. The van der Waals surface area contributed by atoms with Gasteiger partial charge in [-0.3, -0.25) is 0 Å². The molecule has 0 unspecified atom stereocenters. The summed E-state index contributed by atoms with van der Waals surface area (Å²) in [7, 11) is 0. The van der Waals surface area contributed by atoms with Crippen molar-refractivity contribution in [3.63, 3.8) is 0 Å². The van der Waals surface area contributed by atoms with E-state index in [4.69, 9.17) is 16.7 Å². The van der Waals surface area contributed by atoms with Crippen LogP contribution in [0.2, 0.25) is 5.02 Å². The lowest BCUT2D eigenvalue weighted by Crippen LogP contribution is -1.97. The molecule has 2 rings (SSSR count). The van der Waals surface area contributed by atoms with Crippen LogP contribution in [0.1, 0.15) is 15.9 Å². The highest BCUT2D eigenvalue weighted by Crippen LogP contribution is 2.28. The van der Waals surface area contributed by atoms with Gasteiger partial charge in [-0.1, -0.05) is 11.6 Å². The Morgan fingerprint density at radius 3 is 2.47 bits per heavy atom. The van der Waals surface area contributed by atoms with E-state index in [0.29, 0.717) is 16.9 Å². The van der Waals surface area contributed by atoms with Crippen LogP contribution in [0.5, 0.6) is 0 Å². The largest absolute Gasteiger partial charge is 0.478 e. The smallest absolute Gasteiger partial charge is 0.335 e. The quantitative estimate of drug-likeness (QED) is 0.884. The number of anilines is 2. The molecule has 0 atom stereocenters. The van der Waals surface area contributed by atoms with Crippen LogP contribution in [-0.4, -0.2) is 11.1 Å². The summed E-state index contributed by atoms with van der Waals surface area (Å²) >= 11 is 5.94. The maximum Gasteiger partial charge on any atom is 0.335 e. The van der Waals surface area contributed by atoms with Gasteiger partial charge >= 0.3 is 5.97 Å². The van der Waals surface area contributed by atoms with Gasteiger partial charge in [0.05, 0.1) is 16.3 Å². The number of carboxylic acids is 1. The molecule has 0 aliphatic heterocycles. The van der Waals surface area contributed by atoms with Crippen LogP contribution in [0.15, 0.2) is 36.4 Å². The molecule has 5 heteroatoms. The first-order chi connectivity index (χ1) is 8.97. The van der Waals surface area contributed by atoms with Gasteiger partial charge in [-0.15, -0.1) is 0 Å². The summed E-state index contributed by atoms with van der Waals surface area (Å²) in [6.07, 6.45) is 0. The Balaban J connectivity index is 2.26. The van der Waals surface area contributed by atoms with Crippen molar-refractivity contribution >= 4 is 28.9 Å². The zero-order chi connectivity index (χ0) is 14.0. The molecule has 0 spiro atoms. The second-order valence-electron chi connectivity index (χ2n) is 4.09. The Kier molecular flexibility index (Phi) is 3.71. The SMILES string of the molecule is Cc1cc(Nc2ccc(C(=O)O)cc2)c(Cl)cc1F. The Bertz CT molecular complexity index is 626. The molecule has 0 radical (unpaired) electrons. The average molecular weight is 280 g/mol. The maximum absolute atomic E-state index is 13.3. The lowest BCUT2D eigenvalue weighted by molar-refractivity contribution is 0.0697. The summed E-state index contributed by atoms with van der Waals surface area (Å²) in [6, 6.07) is 9.05. The Morgan fingerprint density at radius 1 is 1.26 bits per heavy atom. The Morgan fingerprint density at radius 2 is 1.89 bits per heavy atom. The number of hydrogen-bond donors (Lipinski definition) is 2. The van der Waals surface area contributed by atoms with E-state index in [2.05, 4.69) is 5.32 Å². The highest BCUT2D eigenvalue weighted by Gasteiger charge is 2.07. The fourth-order valence-corrected chi connectivity index (χ4v) is 1.80. The molecule has 0 aliphatic rings. The van der Waals surface area contributed by atoms with E-state index in [0.717, 1.165) is 0 Å². The predicted molar refractivity (Wildman–Crippen MR) is 72.8 cm³/mol. The molecule has 0 aliphatic carbocycles. The Hall–Kier alpha value is -2.07. The van der Waals surface area contributed by atoms with Crippen LogP contribution < -0.4 is 5.32 Å². The molecule has 0 heterocycles. The minimum atomic E-state index is -0.984. The van der Waals surface area contributed by atoms with Crippen molar-refractivity contribution in [1.29, 1.82) is 0 Å². The summed E-state index contributed by atoms with van der Waals surface area (Å²) in [5.74, 6) is -1.35. The number of hydrogen-bond acceptors (Lipinski definition) is 2. The second kappa shape index (κ2) is 5.28. The first kappa shape index (κ1) is 13.4. The number of halogens is 2. The van der Waals surface area contributed by atoms with Gasteiger partial charge in [-0.2, -0.15) is 0 Å². The average Bonchev–Trinajstić information content (AvgIpc) is 2.36. The number of benzene rings is 2. The van der Waals surface area contributed by atoms with Gasteiger partial charge in [0, 0.05) is 5.69 Å². The van der Waals surface area contributed by atoms with E-state index >= 15 is 0 Å². The van der Waals surface area contributed by atoms with Gasteiger partial charge in [-0.25, -0.2) is 9.18 Å². The molecule has 2 N–H and O–H groups in total. The van der Waals surface area contributed by atoms with Crippen LogP contribution in [0.25, 0.3) is 0 Å². The lowest BCUT2D eigenvalue weighted by atomic mass is 10.2. The van der Waals surface area contributed by atoms with Gasteiger partial charge in [0.2, 0.25) is 0 Å².